The van der Waals surface area contributed by atoms with Crippen LogP contribution >= 0.6 is 63.7 Å². The largest absolute Gasteiger partial charge is 0.506 e. The molecular formula is C19H12Br4O3. The molecule has 3 nitrogen and oxygen atoms in total. The van der Waals surface area contributed by atoms with Crippen LogP contribution < -0.4 is 0 Å². The normalized spacial score (nSPS) is 17.5. The van der Waals surface area contributed by atoms with E-state index in [0.29, 0.717) is 44.1 Å². The predicted molar refractivity (Wildman–Crippen MR) is 117 cm³/mol. The van der Waals surface area contributed by atoms with Crippen molar-refractivity contribution in [1.29, 1.82) is 0 Å². The van der Waals surface area contributed by atoms with Crippen LogP contribution in [0.1, 0.15) is 24.0 Å². The zero-order valence-electron chi connectivity index (χ0n) is 13.2. The number of hydrogen-bond acceptors (Lipinski definition) is 3. The standard InChI is InChI=1S/C19H12Br4O3/c20-13-5-11(18(25)15(22)7-13)3-9-1-2-10(17(9)24)4-12-6-14(21)8-16(23)19(12)26/h3-8,25-26H,1-2H2/b9-3-,10-4-. The first-order valence-electron chi connectivity index (χ1n) is 7.58. The van der Waals surface area contributed by atoms with E-state index in [1.807, 2.05) is 0 Å². The predicted octanol–water partition coefficient (Wildman–Crippen LogP) is 6.98. The average molecular weight is 608 g/mol. The van der Waals surface area contributed by atoms with Crippen molar-refractivity contribution in [3.8, 4) is 11.5 Å². The minimum Gasteiger partial charge on any atom is -0.506 e. The summed E-state index contributed by atoms with van der Waals surface area (Å²) in [7, 11) is 0. The highest BCUT2D eigenvalue weighted by Crippen LogP contribution is 2.38. The second-order valence-corrected chi connectivity index (χ2v) is 9.36. The number of Topliss-reactive ketones (excluding diaryl/α,β-unsaturated/α-hetero) is 1. The van der Waals surface area contributed by atoms with Gasteiger partial charge < -0.3 is 10.2 Å². The van der Waals surface area contributed by atoms with Crippen molar-refractivity contribution in [3.63, 3.8) is 0 Å². The molecule has 0 saturated heterocycles. The SMILES string of the molecule is O=C1/C(=C\c2cc(Br)cc(Br)c2O)CC/C1=C/c1cc(Br)cc(Br)c1O. The summed E-state index contributed by atoms with van der Waals surface area (Å²) in [5.74, 6) is 0.120. The molecule has 0 amide bonds. The van der Waals surface area contributed by atoms with E-state index in [0.717, 1.165) is 8.95 Å². The van der Waals surface area contributed by atoms with Gasteiger partial charge in [-0.25, -0.2) is 0 Å². The van der Waals surface area contributed by atoms with Crippen LogP contribution in [0.25, 0.3) is 12.2 Å². The van der Waals surface area contributed by atoms with Crippen LogP contribution in [0.15, 0.2) is 53.3 Å². The molecule has 1 saturated carbocycles. The Morgan fingerprint density at radius 2 is 1.12 bits per heavy atom. The molecule has 0 radical (unpaired) electrons. The van der Waals surface area contributed by atoms with Gasteiger partial charge in [0.25, 0.3) is 0 Å². The Hall–Kier alpha value is -0.890. The lowest BCUT2D eigenvalue weighted by atomic mass is 10.1. The van der Waals surface area contributed by atoms with Gasteiger partial charge in [-0.1, -0.05) is 31.9 Å². The van der Waals surface area contributed by atoms with E-state index in [-0.39, 0.29) is 17.3 Å². The van der Waals surface area contributed by atoms with Gasteiger partial charge in [-0.05, 0) is 81.1 Å². The number of allylic oxidation sites excluding steroid dienone is 2. The minimum atomic E-state index is -0.0732. The molecule has 1 aliphatic carbocycles. The van der Waals surface area contributed by atoms with E-state index in [1.165, 1.54) is 0 Å². The van der Waals surface area contributed by atoms with Crippen molar-refractivity contribution < 1.29 is 15.0 Å². The molecular weight excluding hydrogens is 596 g/mol. The number of benzene rings is 2. The molecule has 0 spiro atoms. The van der Waals surface area contributed by atoms with Crippen molar-refractivity contribution in [2.45, 2.75) is 12.8 Å². The highest BCUT2D eigenvalue weighted by molar-refractivity contribution is 9.11. The van der Waals surface area contributed by atoms with Crippen LogP contribution in [-0.2, 0) is 4.79 Å². The Bertz CT molecular complexity index is 900. The first kappa shape index (κ1) is 19.9. The molecule has 2 aromatic rings. The fourth-order valence-electron chi connectivity index (χ4n) is 2.75. The summed E-state index contributed by atoms with van der Waals surface area (Å²) in [6, 6.07) is 7.01. The molecule has 2 N–H and O–H groups in total. The average Bonchev–Trinajstić information content (AvgIpc) is 2.90. The highest BCUT2D eigenvalue weighted by atomic mass is 79.9. The molecule has 7 heteroatoms. The summed E-state index contributed by atoms with van der Waals surface area (Å²) in [6.45, 7) is 0. The second kappa shape index (κ2) is 8.00. The van der Waals surface area contributed by atoms with E-state index < -0.39 is 0 Å². The van der Waals surface area contributed by atoms with Crippen molar-refractivity contribution in [2.24, 2.45) is 0 Å². The summed E-state index contributed by atoms with van der Waals surface area (Å²) in [5.41, 5.74) is 2.41. The smallest absolute Gasteiger partial charge is 0.185 e. The summed E-state index contributed by atoms with van der Waals surface area (Å²) in [4.78, 5) is 12.7. The van der Waals surface area contributed by atoms with E-state index in [9.17, 15) is 15.0 Å². The number of phenols is 2. The van der Waals surface area contributed by atoms with Gasteiger partial charge in [0.1, 0.15) is 11.5 Å². The minimum absolute atomic E-state index is 0.0732. The van der Waals surface area contributed by atoms with Gasteiger partial charge in [0, 0.05) is 31.2 Å². The maximum absolute atomic E-state index is 12.7. The maximum Gasteiger partial charge on any atom is 0.185 e. The Kier molecular flexibility index (Phi) is 6.11. The number of aromatic hydroxyl groups is 2. The third-order valence-corrected chi connectivity index (χ3v) is 6.15. The van der Waals surface area contributed by atoms with E-state index in [2.05, 4.69) is 63.7 Å². The summed E-state index contributed by atoms with van der Waals surface area (Å²) >= 11 is 13.4. The molecule has 0 aliphatic heterocycles. The number of phenolic OH excluding ortho intramolecular Hbond substituents is 2. The molecule has 0 aromatic heterocycles. The Balaban J connectivity index is 1.96. The van der Waals surface area contributed by atoms with Gasteiger partial charge >= 0.3 is 0 Å². The molecule has 3 rings (SSSR count). The topological polar surface area (TPSA) is 57.5 Å². The van der Waals surface area contributed by atoms with Crippen LogP contribution in [0.3, 0.4) is 0 Å². The summed E-state index contributed by atoms with van der Waals surface area (Å²) < 4.78 is 2.73. The van der Waals surface area contributed by atoms with Gasteiger partial charge in [0.05, 0.1) is 8.95 Å². The zero-order valence-corrected chi connectivity index (χ0v) is 19.5. The lowest BCUT2D eigenvalue weighted by Crippen LogP contribution is -1.96. The van der Waals surface area contributed by atoms with Crippen LogP contribution in [0, 0.1) is 0 Å². The molecule has 0 atom stereocenters. The number of halogens is 4. The molecule has 2 aromatic carbocycles. The van der Waals surface area contributed by atoms with Gasteiger partial charge in [0.2, 0.25) is 0 Å². The van der Waals surface area contributed by atoms with Gasteiger partial charge in [0.15, 0.2) is 5.78 Å². The van der Waals surface area contributed by atoms with Crippen molar-refractivity contribution in [1.82, 2.24) is 0 Å². The first-order chi connectivity index (χ1) is 12.3. The van der Waals surface area contributed by atoms with Gasteiger partial charge in [-0.3, -0.25) is 4.79 Å². The number of hydrogen-bond donors (Lipinski definition) is 2. The number of carbonyl (C=O) groups excluding carboxylic acids is 1. The van der Waals surface area contributed by atoms with Crippen LogP contribution in [0.5, 0.6) is 11.5 Å². The molecule has 0 heterocycles. The van der Waals surface area contributed by atoms with Gasteiger partial charge in [-0.15, -0.1) is 0 Å². The van der Waals surface area contributed by atoms with Crippen LogP contribution in [-0.4, -0.2) is 16.0 Å². The van der Waals surface area contributed by atoms with E-state index in [4.69, 9.17) is 0 Å². The fraction of sp³-hybridized carbons (Fsp3) is 0.105. The highest BCUT2D eigenvalue weighted by Gasteiger charge is 2.24. The molecule has 134 valence electrons. The molecule has 1 aliphatic rings. The summed E-state index contributed by atoms with van der Waals surface area (Å²) in [5, 5.41) is 20.4. The summed E-state index contributed by atoms with van der Waals surface area (Å²) in [6.07, 6.45) is 4.60. The van der Waals surface area contributed by atoms with Gasteiger partial charge in [-0.2, -0.15) is 0 Å². The van der Waals surface area contributed by atoms with Crippen molar-refractivity contribution >= 4 is 81.7 Å². The number of carbonyl (C=O) groups is 1. The first-order valence-corrected chi connectivity index (χ1v) is 10.8. The molecule has 1 fully saturated rings. The second-order valence-electron chi connectivity index (χ2n) is 5.82. The molecule has 0 bridgehead atoms. The fourth-order valence-corrected chi connectivity index (χ4v) is 5.26. The van der Waals surface area contributed by atoms with Crippen LogP contribution in [0.2, 0.25) is 0 Å². The maximum atomic E-state index is 12.7. The Morgan fingerprint density at radius 1 is 0.731 bits per heavy atom. The lowest BCUT2D eigenvalue weighted by Gasteiger charge is -2.05. The monoisotopic (exact) mass is 604 g/mol. The molecule has 0 unspecified atom stereocenters. The zero-order chi connectivity index (χ0) is 19.0. The van der Waals surface area contributed by atoms with Crippen molar-refractivity contribution in [3.05, 3.63) is 64.4 Å². The Morgan fingerprint density at radius 3 is 1.50 bits per heavy atom. The Labute approximate surface area is 184 Å². The van der Waals surface area contributed by atoms with Crippen LogP contribution in [0.4, 0.5) is 0 Å². The number of ketones is 1. The molecule has 26 heavy (non-hydrogen) atoms. The quantitative estimate of drug-likeness (QED) is 0.362. The van der Waals surface area contributed by atoms with Crippen molar-refractivity contribution in [2.75, 3.05) is 0 Å². The number of rotatable bonds is 2. The third kappa shape index (κ3) is 4.16. The lowest BCUT2D eigenvalue weighted by molar-refractivity contribution is -0.111. The van der Waals surface area contributed by atoms with E-state index >= 15 is 0 Å². The van der Waals surface area contributed by atoms with E-state index in [1.54, 1.807) is 36.4 Å². The third-order valence-electron chi connectivity index (χ3n) is 4.02.